The van der Waals surface area contributed by atoms with Crippen LogP contribution >= 0.6 is 0 Å². The molecule has 1 amide bonds. The van der Waals surface area contributed by atoms with Crippen LogP contribution in [0.2, 0.25) is 0 Å². The van der Waals surface area contributed by atoms with E-state index in [1.54, 1.807) is 4.90 Å². The number of rotatable bonds is 5. The lowest BCUT2D eigenvalue weighted by atomic mass is 9.94. The number of likely N-dealkylation sites (tertiary alicyclic amines) is 1. The number of nitrogens with zero attached hydrogens (tertiary/aromatic N) is 1. The van der Waals surface area contributed by atoms with E-state index in [2.05, 4.69) is 5.32 Å². The van der Waals surface area contributed by atoms with Gasteiger partial charge in [0.2, 0.25) is 5.91 Å². The number of hydrogen-bond donors (Lipinski definition) is 1. The molecule has 2 atom stereocenters. The lowest BCUT2D eigenvalue weighted by Crippen LogP contribution is -2.36. The van der Waals surface area contributed by atoms with Gasteiger partial charge in [-0.3, -0.25) is 9.69 Å². The van der Waals surface area contributed by atoms with Crippen molar-refractivity contribution in [1.82, 2.24) is 4.90 Å². The van der Waals surface area contributed by atoms with Gasteiger partial charge in [0.05, 0.1) is 16.7 Å². The number of amides is 1. The molecule has 1 aliphatic rings. The Morgan fingerprint density at radius 3 is 2.41 bits per heavy atom. The van der Waals surface area contributed by atoms with Crippen molar-refractivity contribution in [2.45, 2.75) is 17.6 Å². The van der Waals surface area contributed by atoms with E-state index in [9.17, 15) is 26.4 Å². The van der Waals surface area contributed by atoms with Crippen molar-refractivity contribution in [3.05, 3.63) is 60.2 Å². The summed E-state index contributed by atoms with van der Waals surface area (Å²) in [5, 5.41) is 2.45. The van der Waals surface area contributed by atoms with Gasteiger partial charge in [-0.05, 0) is 23.8 Å². The van der Waals surface area contributed by atoms with Gasteiger partial charge in [-0.1, -0.05) is 36.4 Å². The summed E-state index contributed by atoms with van der Waals surface area (Å²) >= 11 is 0. The number of nitrogens with one attached hydrogen (secondary N) is 1. The van der Waals surface area contributed by atoms with E-state index in [1.165, 1.54) is 24.3 Å². The molecule has 2 aromatic carbocycles. The summed E-state index contributed by atoms with van der Waals surface area (Å²) in [6.45, 7) is 0.0251. The molecule has 2 aromatic rings. The van der Waals surface area contributed by atoms with Gasteiger partial charge < -0.3 is 5.32 Å². The van der Waals surface area contributed by atoms with Crippen LogP contribution in [0.1, 0.15) is 5.56 Å². The Kier molecular flexibility index (Phi) is 6.00. The number of anilines is 1. The topological polar surface area (TPSA) is 66.5 Å². The standard InChI is InChI=1S/C20H21F3N2O3S/c1-29(27,28)16-9-5-8-15(10-16)24-19(26)17-12-25(13-18(17)20(21,22)23)11-14-6-3-2-4-7-14/h2-10,17-18H,11-13H2,1H3,(H,24,26)/t17-,18+/m1/s1. The highest BCUT2D eigenvalue weighted by Crippen LogP contribution is 2.38. The first-order valence-corrected chi connectivity index (χ1v) is 10.9. The minimum Gasteiger partial charge on any atom is -0.326 e. The summed E-state index contributed by atoms with van der Waals surface area (Å²) in [5.74, 6) is -3.83. The zero-order valence-corrected chi connectivity index (χ0v) is 16.5. The first-order valence-electron chi connectivity index (χ1n) is 8.98. The van der Waals surface area contributed by atoms with Gasteiger partial charge in [0.25, 0.3) is 0 Å². The number of alkyl halides is 3. The van der Waals surface area contributed by atoms with E-state index in [4.69, 9.17) is 0 Å². The van der Waals surface area contributed by atoms with Gasteiger partial charge >= 0.3 is 6.18 Å². The molecule has 1 aliphatic heterocycles. The first kappa shape index (κ1) is 21.3. The normalized spacial score (nSPS) is 20.6. The summed E-state index contributed by atoms with van der Waals surface area (Å²) in [4.78, 5) is 14.2. The Morgan fingerprint density at radius 1 is 1.10 bits per heavy atom. The predicted octanol–water partition coefficient (Wildman–Crippen LogP) is 3.34. The zero-order chi connectivity index (χ0) is 21.2. The summed E-state index contributed by atoms with van der Waals surface area (Å²) in [6, 6.07) is 14.6. The van der Waals surface area contributed by atoms with E-state index in [0.29, 0.717) is 6.54 Å². The number of carbonyl (C=O) groups excluding carboxylic acids is 1. The maximum atomic E-state index is 13.6. The Labute approximate surface area is 167 Å². The molecule has 156 valence electrons. The quantitative estimate of drug-likeness (QED) is 0.797. The fraction of sp³-hybridized carbons (Fsp3) is 0.350. The van der Waals surface area contributed by atoms with E-state index in [0.717, 1.165) is 11.8 Å². The third-order valence-electron chi connectivity index (χ3n) is 4.93. The Balaban J connectivity index is 1.77. The number of sulfone groups is 1. The van der Waals surface area contributed by atoms with Crippen LogP contribution in [0, 0.1) is 11.8 Å². The maximum absolute atomic E-state index is 13.6. The molecular weight excluding hydrogens is 405 g/mol. The average Bonchev–Trinajstić information content (AvgIpc) is 3.06. The minimum absolute atomic E-state index is 0.0141. The van der Waals surface area contributed by atoms with Gasteiger partial charge in [-0.2, -0.15) is 13.2 Å². The van der Waals surface area contributed by atoms with E-state index >= 15 is 0 Å². The molecule has 0 unspecified atom stereocenters. The molecule has 3 rings (SSSR count). The molecule has 1 N–H and O–H groups in total. The van der Waals surface area contributed by atoms with Crippen LogP contribution in [0.15, 0.2) is 59.5 Å². The lowest BCUT2D eigenvalue weighted by molar-refractivity contribution is -0.182. The molecule has 1 saturated heterocycles. The summed E-state index contributed by atoms with van der Waals surface area (Å²) in [5.41, 5.74) is 1.02. The molecule has 9 heteroatoms. The Hall–Kier alpha value is -2.39. The molecule has 0 aliphatic carbocycles. The third-order valence-corrected chi connectivity index (χ3v) is 6.04. The van der Waals surface area contributed by atoms with Crippen LogP contribution in [0.3, 0.4) is 0 Å². The average molecular weight is 426 g/mol. The van der Waals surface area contributed by atoms with E-state index in [-0.39, 0.29) is 23.7 Å². The number of carbonyl (C=O) groups is 1. The zero-order valence-electron chi connectivity index (χ0n) is 15.7. The molecule has 29 heavy (non-hydrogen) atoms. The number of hydrogen-bond acceptors (Lipinski definition) is 4. The molecule has 0 bridgehead atoms. The molecule has 5 nitrogen and oxygen atoms in total. The highest BCUT2D eigenvalue weighted by Gasteiger charge is 2.52. The van der Waals surface area contributed by atoms with Crippen molar-refractivity contribution in [3.63, 3.8) is 0 Å². The van der Waals surface area contributed by atoms with E-state index < -0.39 is 33.8 Å². The van der Waals surface area contributed by atoms with Crippen molar-refractivity contribution in [2.24, 2.45) is 11.8 Å². The van der Waals surface area contributed by atoms with Crippen LogP contribution in [-0.4, -0.2) is 44.7 Å². The van der Waals surface area contributed by atoms with Gasteiger partial charge in [-0.15, -0.1) is 0 Å². The second-order valence-corrected chi connectivity index (χ2v) is 9.24. The molecule has 1 heterocycles. The summed E-state index contributed by atoms with van der Waals surface area (Å²) < 4.78 is 64.0. The Bertz CT molecular complexity index is 978. The van der Waals surface area contributed by atoms with E-state index in [1.807, 2.05) is 30.3 Å². The fourth-order valence-electron chi connectivity index (χ4n) is 3.49. The number of benzene rings is 2. The van der Waals surface area contributed by atoms with Gasteiger partial charge in [0, 0.05) is 31.6 Å². The Morgan fingerprint density at radius 2 is 1.79 bits per heavy atom. The van der Waals surface area contributed by atoms with Gasteiger partial charge in [0.1, 0.15) is 0 Å². The van der Waals surface area contributed by atoms with Crippen LogP contribution in [0.25, 0.3) is 0 Å². The molecule has 0 saturated carbocycles. The van der Waals surface area contributed by atoms with Gasteiger partial charge in [-0.25, -0.2) is 8.42 Å². The van der Waals surface area contributed by atoms with Crippen LogP contribution in [0.4, 0.5) is 18.9 Å². The van der Waals surface area contributed by atoms with Crippen LogP contribution < -0.4 is 5.32 Å². The van der Waals surface area contributed by atoms with Crippen LogP contribution in [0.5, 0.6) is 0 Å². The predicted molar refractivity (Wildman–Crippen MR) is 103 cm³/mol. The van der Waals surface area contributed by atoms with Crippen molar-refractivity contribution >= 4 is 21.4 Å². The minimum atomic E-state index is -4.51. The fourth-order valence-corrected chi connectivity index (χ4v) is 4.16. The second-order valence-electron chi connectivity index (χ2n) is 7.22. The highest BCUT2D eigenvalue weighted by atomic mass is 32.2. The molecule has 0 aromatic heterocycles. The van der Waals surface area contributed by atoms with Crippen molar-refractivity contribution in [3.8, 4) is 0 Å². The monoisotopic (exact) mass is 426 g/mol. The smallest absolute Gasteiger partial charge is 0.326 e. The van der Waals surface area contributed by atoms with Crippen LogP contribution in [-0.2, 0) is 21.2 Å². The highest BCUT2D eigenvalue weighted by molar-refractivity contribution is 7.90. The lowest BCUT2D eigenvalue weighted by Gasteiger charge is -2.20. The molecule has 0 radical (unpaired) electrons. The molecule has 1 fully saturated rings. The SMILES string of the molecule is CS(=O)(=O)c1cccc(NC(=O)[C@@H]2CN(Cc3ccccc3)C[C@@H]2C(F)(F)F)c1. The molecular formula is C20H21F3N2O3S. The van der Waals surface area contributed by atoms with Crippen molar-refractivity contribution in [1.29, 1.82) is 0 Å². The summed E-state index contributed by atoms with van der Waals surface area (Å²) in [6.07, 6.45) is -3.49. The third kappa shape index (κ3) is 5.36. The number of halogens is 3. The van der Waals surface area contributed by atoms with Crippen molar-refractivity contribution < 1.29 is 26.4 Å². The second kappa shape index (κ2) is 8.16. The largest absolute Gasteiger partial charge is 0.393 e. The molecule has 0 spiro atoms. The van der Waals surface area contributed by atoms with Gasteiger partial charge in [0.15, 0.2) is 9.84 Å². The first-order chi connectivity index (χ1) is 13.5. The maximum Gasteiger partial charge on any atom is 0.393 e. The summed E-state index contributed by atoms with van der Waals surface area (Å²) in [7, 11) is -3.50. The van der Waals surface area contributed by atoms with Crippen molar-refractivity contribution in [2.75, 3.05) is 24.7 Å².